The minimum absolute atomic E-state index is 0.0401. The van der Waals surface area contributed by atoms with E-state index in [1.54, 1.807) is 0 Å². The predicted octanol–water partition coefficient (Wildman–Crippen LogP) is 1.38. The average Bonchev–Trinajstić information content (AvgIpc) is 2.34. The Bertz CT molecular complexity index is 472. The van der Waals surface area contributed by atoms with Gasteiger partial charge < -0.3 is 17.2 Å². The fourth-order valence-corrected chi connectivity index (χ4v) is 2.52. The lowest BCUT2D eigenvalue weighted by Crippen LogP contribution is -2.30. The molecule has 0 spiro atoms. The number of rotatable bonds is 5. The summed E-state index contributed by atoms with van der Waals surface area (Å²) in [5.41, 5.74) is 17.7. The van der Waals surface area contributed by atoms with Crippen LogP contribution in [0.25, 0.3) is 0 Å². The summed E-state index contributed by atoms with van der Waals surface area (Å²) in [4.78, 5) is 8.31. The number of guanidine groups is 2. The number of nitrogens with zero attached hydrogens (tertiary/aromatic N) is 2. The van der Waals surface area contributed by atoms with Gasteiger partial charge in [-0.3, -0.25) is 0 Å². The van der Waals surface area contributed by atoms with Crippen molar-refractivity contribution in [1.82, 2.24) is 0 Å². The molecule has 1 fully saturated rings. The molecule has 1 aromatic carbocycles. The van der Waals surface area contributed by atoms with E-state index in [4.69, 9.17) is 17.2 Å². The van der Waals surface area contributed by atoms with Crippen LogP contribution < -0.4 is 17.2 Å². The van der Waals surface area contributed by atoms with Crippen LogP contribution >= 0.6 is 0 Å². The fraction of sp³-hybridized carbons (Fsp3) is 0.467. The Hall–Kier alpha value is -2.04. The van der Waals surface area contributed by atoms with Gasteiger partial charge in [0.25, 0.3) is 0 Å². The highest BCUT2D eigenvalue weighted by molar-refractivity contribution is 5.92. The summed E-state index contributed by atoms with van der Waals surface area (Å²) >= 11 is 0. The van der Waals surface area contributed by atoms with Gasteiger partial charge in [0, 0.05) is 0 Å². The Balaban J connectivity index is 1.99. The molecular weight excluding hydrogens is 250 g/mol. The van der Waals surface area contributed by atoms with Crippen molar-refractivity contribution >= 4 is 11.9 Å². The Kier molecular flexibility index (Phi) is 4.98. The molecule has 0 aliphatic heterocycles. The minimum Gasteiger partial charge on any atom is -0.370 e. The van der Waals surface area contributed by atoms with E-state index in [0.717, 1.165) is 12.8 Å². The lowest BCUT2D eigenvalue weighted by molar-refractivity contribution is 0.254. The van der Waals surface area contributed by atoms with Crippen LogP contribution in [-0.4, -0.2) is 18.0 Å². The molecule has 0 radical (unpaired) electrons. The Morgan fingerprint density at radius 3 is 2.40 bits per heavy atom. The van der Waals surface area contributed by atoms with E-state index in [-0.39, 0.29) is 18.0 Å². The van der Waals surface area contributed by atoms with Crippen LogP contribution in [0.4, 0.5) is 0 Å². The van der Waals surface area contributed by atoms with Gasteiger partial charge in [-0.1, -0.05) is 36.8 Å². The van der Waals surface area contributed by atoms with Gasteiger partial charge in [-0.05, 0) is 37.2 Å². The molecule has 1 aromatic rings. The fourth-order valence-electron chi connectivity index (χ4n) is 2.52. The van der Waals surface area contributed by atoms with Gasteiger partial charge in [0.1, 0.15) is 0 Å². The second-order valence-electron chi connectivity index (χ2n) is 5.31. The van der Waals surface area contributed by atoms with Crippen molar-refractivity contribution in [3.8, 4) is 0 Å². The summed E-state index contributed by atoms with van der Waals surface area (Å²) < 4.78 is 0. The van der Waals surface area contributed by atoms with Crippen molar-refractivity contribution in [2.24, 2.45) is 33.1 Å². The minimum atomic E-state index is -0.0401. The van der Waals surface area contributed by atoms with Crippen LogP contribution in [0, 0.1) is 5.92 Å². The van der Waals surface area contributed by atoms with Crippen LogP contribution in [0.2, 0.25) is 0 Å². The standard InChI is InChI=1S/C15H23N5/c16-14(17)20-15(18)19-13(12-7-4-8-12)10-9-11-5-2-1-3-6-11/h1-3,5-6,12-13H,4,7-10H2,(H6,16,17,18,19,20). The largest absolute Gasteiger partial charge is 0.370 e. The summed E-state index contributed by atoms with van der Waals surface area (Å²) in [6, 6.07) is 10.6. The third-order valence-electron chi connectivity index (χ3n) is 3.81. The predicted molar refractivity (Wildman–Crippen MR) is 83.3 cm³/mol. The van der Waals surface area contributed by atoms with E-state index in [0.29, 0.717) is 5.92 Å². The van der Waals surface area contributed by atoms with Gasteiger partial charge in [0.15, 0.2) is 5.96 Å². The van der Waals surface area contributed by atoms with Crippen molar-refractivity contribution < 1.29 is 0 Å². The SMILES string of the molecule is NC(N)=NC(N)=NC(CCc1ccccc1)C1CCC1. The van der Waals surface area contributed by atoms with Crippen LogP contribution in [0.1, 0.15) is 31.2 Å². The van der Waals surface area contributed by atoms with Crippen molar-refractivity contribution in [3.05, 3.63) is 35.9 Å². The molecule has 108 valence electrons. The van der Waals surface area contributed by atoms with E-state index >= 15 is 0 Å². The number of hydrogen-bond acceptors (Lipinski definition) is 1. The summed E-state index contributed by atoms with van der Waals surface area (Å²) in [7, 11) is 0. The van der Waals surface area contributed by atoms with Crippen molar-refractivity contribution in [2.45, 2.75) is 38.1 Å². The lowest BCUT2D eigenvalue weighted by atomic mass is 9.78. The molecule has 0 aromatic heterocycles. The van der Waals surface area contributed by atoms with E-state index in [2.05, 4.69) is 34.3 Å². The topological polar surface area (TPSA) is 103 Å². The van der Waals surface area contributed by atoms with Gasteiger partial charge in [0.2, 0.25) is 5.96 Å². The maximum atomic E-state index is 5.76. The number of hydrogen-bond donors (Lipinski definition) is 3. The Morgan fingerprint density at radius 1 is 1.15 bits per heavy atom. The zero-order chi connectivity index (χ0) is 14.4. The first-order valence-electron chi connectivity index (χ1n) is 7.12. The second-order valence-corrected chi connectivity index (χ2v) is 5.31. The molecule has 0 saturated heterocycles. The molecule has 2 rings (SSSR count). The zero-order valence-electron chi connectivity index (χ0n) is 11.7. The summed E-state index contributed by atoms with van der Waals surface area (Å²) in [5.74, 6) is 0.767. The number of benzene rings is 1. The lowest BCUT2D eigenvalue weighted by Gasteiger charge is -2.31. The van der Waals surface area contributed by atoms with Gasteiger partial charge >= 0.3 is 0 Å². The van der Waals surface area contributed by atoms with E-state index < -0.39 is 0 Å². The van der Waals surface area contributed by atoms with Crippen LogP contribution in [0.3, 0.4) is 0 Å². The molecule has 0 amide bonds. The van der Waals surface area contributed by atoms with Gasteiger partial charge in [-0.25, -0.2) is 4.99 Å². The molecule has 5 nitrogen and oxygen atoms in total. The Morgan fingerprint density at radius 2 is 1.85 bits per heavy atom. The molecule has 0 bridgehead atoms. The molecule has 6 N–H and O–H groups in total. The summed E-state index contributed by atoms with van der Waals surface area (Å²) in [5, 5.41) is 0. The molecule has 1 atom stereocenters. The van der Waals surface area contributed by atoms with Crippen molar-refractivity contribution in [3.63, 3.8) is 0 Å². The highest BCUT2D eigenvalue weighted by atomic mass is 15.1. The average molecular weight is 273 g/mol. The first-order chi connectivity index (χ1) is 9.65. The van der Waals surface area contributed by atoms with E-state index in [1.807, 2.05) is 6.07 Å². The van der Waals surface area contributed by atoms with Gasteiger partial charge in [-0.15, -0.1) is 0 Å². The van der Waals surface area contributed by atoms with Crippen LogP contribution in [0.5, 0.6) is 0 Å². The molecular formula is C15H23N5. The smallest absolute Gasteiger partial charge is 0.218 e. The molecule has 1 unspecified atom stereocenters. The normalized spacial score (nSPS) is 17.3. The molecule has 1 aliphatic carbocycles. The summed E-state index contributed by atoms with van der Waals surface area (Å²) in [6.45, 7) is 0. The maximum absolute atomic E-state index is 5.76. The molecule has 1 aliphatic rings. The zero-order valence-corrected chi connectivity index (χ0v) is 11.7. The third-order valence-corrected chi connectivity index (χ3v) is 3.81. The molecule has 20 heavy (non-hydrogen) atoms. The van der Waals surface area contributed by atoms with Crippen molar-refractivity contribution in [1.29, 1.82) is 0 Å². The monoisotopic (exact) mass is 273 g/mol. The molecule has 0 heterocycles. The first-order valence-corrected chi connectivity index (χ1v) is 7.12. The molecule has 5 heteroatoms. The van der Waals surface area contributed by atoms with Gasteiger partial charge in [-0.2, -0.15) is 4.99 Å². The summed E-state index contributed by atoms with van der Waals surface area (Å²) in [6.07, 6.45) is 5.70. The maximum Gasteiger partial charge on any atom is 0.218 e. The highest BCUT2D eigenvalue weighted by Crippen LogP contribution is 2.33. The quantitative estimate of drug-likeness (QED) is 0.557. The highest BCUT2D eigenvalue weighted by Gasteiger charge is 2.26. The first kappa shape index (κ1) is 14.4. The van der Waals surface area contributed by atoms with Gasteiger partial charge in [0.05, 0.1) is 6.04 Å². The van der Waals surface area contributed by atoms with E-state index in [1.165, 1.54) is 24.8 Å². The Labute approximate surface area is 120 Å². The number of nitrogens with two attached hydrogens (primary N) is 3. The number of aryl methyl sites for hydroxylation is 1. The van der Waals surface area contributed by atoms with Crippen LogP contribution in [0.15, 0.2) is 40.3 Å². The van der Waals surface area contributed by atoms with Crippen molar-refractivity contribution in [2.75, 3.05) is 0 Å². The third kappa shape index (κ3) is 4.26. The molecule has 1 saturated carbocycles. The second kappa shape index (κ2) is 6.93. The van der Waals surface area contributed by atoms with E-state index in [9.17, 15) is 0 Å². The van der Waals surface area contributed by atoms with Crippen LogP contribution in [-0.2, 0) is 6.42 Å². The number of aliphatic imine (C=N–C) groups is 2.